The number of halogens is 13. The second-order valence-electron chi connectivity index (χ2n) is 4.71. The lowest BCUT2D eigenvalue weighted by molar-refractivity contribution is -0.440. The summed E-state index contributed by atoms with van der Waals surface area (Å²) in [5, 5.41) is 2.12. The fraction of sp³-hybridized carbons (Fsp3) is 1.00. The van der Waals surface area contributed by atoms with E-state index < -0.39 is 55.2 Å². The van der Waals surface area contributed by atoms with Crippen LogP contribution in [0.15, 0.2) is 0 Å². The smallest absolute Gasteiger partial charge is 0.320 e. The molecule has 0 spiro atoms. The fourth-order valence-electron chi connectivity index (χ4n) is 1.45. The molecule has 0 amide bonds. The molecular weight excluding hydrogens is 381 g/mol. The van der Waals surface area contributed by atoms with Gasteiger partial charge in [-0.15, -0.1) is 0 Å². The average molecular weight is 391 g/mol. The monoisotopic (exact) mass is 391 g/mol. The number of rotatable bonds is 8. The van der Waals surface area contributed by atoms with Crippen LogP contribution in [0.25, 0.3) is 0 Å². The van der Waals surface area contributed by atoms with Gasteiger partial charge in [0.05, 0.1) is 0 Å². The highest BCUT2D eigenvalue weighted by Gasteiger charge is 2.90. The highest BCUT2D eigenvalue weighted by molar-refractivity contribution is 5.10. The van der Waals surface area contributed by atoms with E-state index in [0.717, 1.165) is 7.05 Å². The zero-order valence-electron chi connectivity index (χ0n) is 11.5. The highest BCUT2D eigenvalue weighted by atomic mass is 19.4. The summed E-state index contributed by atoms with van der Waals surface area (Å²) < 4.78 is 165. The Kier molecular flexibility index (Phi) is 6.15. The van der Waals surface area contributed by atoms with Gasteiger partial charge >= 0.3 is 35.8 Å². The minimum atomic E-state index is -7.83. The van der Waals surface area contributed by atoms with E-state index in [1.54, 1.807) is 0 Å². The average Bonchev–Trinajstić information content (AvgIpc) is 2.36. The molecule has 146 valence electrons. The topological polar surface area (TPSA) is 12.0 Å². The van der Waals surface area contributed by atoms with Crippen LogP contribution in [-0.2, 0) is 0 Å². The molecule has 14 heteroatoms. The molecule has 0 saturated heterocycles. The molecule has 1 nitrogen and oxygen atoms in total. The fourth-order valence-corrected chi connectivity index (χ4v) is 1.45. The summed E-state index contributed by atoms with van der Waals surface area (Å²) in [6.07, 6.45) is -10.5. The second-order valence-corrected chi connectivity index (χ2v) is 4.71. The molecule has 0 aromatic heterocycles. The van der Waals surface area contributed by atoms with E-state index in [0.29, 0.717) is 0 Å². The molecular formula is C10H10F13N. The van der Waals surface area contributed by atoms with Crippen LogP contribution < -0.4 is 5.32 Å². The molecule has 0 aliphatic rings. The van der Waals surface area contributed by atoms with Crippen LogP contribution >= 0.6 is 0 Å². The van der Waals surface area contributed by atoms with E-state index >= 15 is 0 Å². The van der Waals surface area contributed by atoms with Crippen LogP contribution in [0.5, 0.6) is 0 Å². The van der Waals surface area contributed by atoms with Crippen molar-refractivity contribution < 1.29 is 57.1 Å². The number of nitrogens with one attached hydrogen (secondary N) is 1. The highest BCUT2D eigenvalue weighted by Crippen LogP contribution is 2.60. The third-order valence-corrected chi connectivity index (χ3v) is 2.92. The van der Waals surface area contributed by atoms with Gasteiger partial charge in [0, 0.05) is 6.42 Å². The normalized spacial score (nSPS) is 15.8. The third-order valence-electron chi connectivity index (χ3n) is 2.92. The Bertz CT molecular complexity index is 425. The first kappa shape index (κ1) is 23.1. The minimum Gasteiger partial charge on any atom is -0.320 e. The zero-order chi connectivity index (χ0) is 19.8. The van der Waals surface area contributed by atoms with Gasteiger partial charge in [0.1, 0.15) is 0 Å². The van der Waals surface area contributed by atoms with E-state index in [9.17, 15) is 57.1 Å². The molecule has 24 heavy (non-hydrogen) atoms. The van der Waals surface area contributed by atoms with Crippen LogP contribution in [0.1, 0.15) is 12.8 Å². The molecule has 0 aromatic carbocycles. The van der Waals surface area contributed by atoms with E-state index in [4.69, 9.17) is 0 Å². The van der Waals surface area contributed by atoms with Gasteiger partial charge < -0.3 is 5.32 Å². The van der Waals surface area contributed by atoms with Crippen LogP contribution in [0.3, 0.4) is 0 Å². The lowest BCUT2D eigenvalue weighted by atomic mass is 9.92. The summed E-state index contributed by atoms with van der Waals surface area (Å²) in [6.45, 7) is -0.466. The lowest BCUT2D eigenvalue weighted by Crippen LogP contribution is -2.70. The van der Waals surface area contributed by atoms with E-state index in [-0.39, 0.29) is 0 Å². The first-order chi connectivity index (χ1) is 10.3. The largest absolute Gasteiger partial charge is 0.460 e. The quantitative estimate of drug-likeness (QED) is 0.466. The van der Waals surface area contributed by atoms with Crippen molar-refractivity contribution in [2.45, 2.75) is 48.6 Å². The Labute approximate surface area is 126 Å². The molecule has 0 rings (SSSR count). The second kappa shape index (κ2) is 6.41. The summed E-state index contributed by atoms with van der Waals surface area (Å²) in [4.78, 5) is 0. The van der Waals surface area contributed by atoms with Gasteiger partial charge in [-0.1, -0.05) is 0 Å². The Morgan fingerprint density at radius 1 is 0.583 bits per heavy atom. The van der Waals surface area contributed by atoms with Gasteiger partial charge in [-0.05, 0) is 20.0 Å². The van der Waals surface area contributed by atoms with Gasteiger partial charge in [0.15, 0.2) is 0 Å². The first-order valence-electron chi connectivity index (χ1n) is 5.91. The van der Waals surface area contributed by atoms with Crippen molar-refractivity contribution in [2.75, 3.05) is 13.6 Å². The molecule has 0 heterocycles. The van der Waals surface area contributed by atoms with E-state index in [2.05, 4.69) is 5.32 Å². The maximum Gasteiger partial charge on any atom is 0.460 e. The molecule has 0 bridgehead atoms. The Hall–Kier alpha value is -0.950. The summed E-state index contributed by atoms with van der Waals surface area (Å²) in [5.41, 5.74) is 0. The summed E-state index contributed by atoms with van der Waals surface area (Å²) in [7, 11) is 1.13. The van der Waals surface area contributed by atoms with Gasteiger partial charge in [-0.3, -0.25) is 0 Å². The Morgan fingerprint density at radius 2 is 0.958 bits per heavy atom. The zero-order valence-corrected chi connectivity index (χ0v) is 11.5. The number of hydrogen-bond donors (Lipinski definition) is 1. The predicted molar refractivity (Wildman–Crippen MR) is 54.0 cm³/mol. The number of hydrogen-bond acceptors (Lipinski definition) is 1. The van der Waals surface area contributed by atoms with Gasteiger partial charge in [-0.25, -0.2) is 0 Å². The molecule has 0 fully saturated rings. The summed E-state index contributed by atoms with van der Waals surface area (Å²) in [6, 6.07) is 0. The van der Waals surface area contributed by atoms with Crippen LogP contribution in [-0.4, -0.2) is 49.4 Å². The SMILES string of the molecule is CNCCCC(F)(F)C(F)(F)C(F)(F)C(F)(F)C(F)(F)C(F)(F)F. The molecule has 0 aromatic rings. The molecule has 0 atom stereocenters. The first-order valence-corrected chi connectivity index (χ1v) is 5.91. The van der Waals surface area contributed by atoms with Gasteiger partial charge in [0.25, 0.3) is 0 Å². The standard InChI is InChI=1S/C10H10F13N/c1-24-4-2-3-5(11,12)6(13,14)7(15,16)8(17,18)9(19,20)10(21,22)23/h24H,2-4H2,1H3. The minimum absolute atomic E-state index is 0.466. The van der Waals surface area contributed by atoms with E-state index in [1.807, 2.05) is 0 Å². The Balaban J connectivity index is 5.92. The van der Waals surface area contributed by atoms with Crippen molar-refractivity contribution in [1.29, 1.82) is 0 Å². The maximum atomic E-state index is 13.1. The summed E-state index contributed by atoms with van der Waals surface area (Å²) in [5.74, 6) is -36.3. The molecule has 0 radical (unpaired) electrons. The van der Waals surface area contributed by atoms with Crippen molar-refractivity contribution in [3.8, 4) is 0 Å². The van der Waals surface area contributed by atoms with Gasteiger partial charge in [-0.2, -0.15) is 57.1 Å². The summed E-state index contributed by atoms with van der Waals surface area (Å²) >= 11 is 0. The van der Waals surface area contributed by atoms with Crippen LogP contribution in [0, 0.1) is 0 Å². The van der Waals surface area contributed by atoms with Crippen molar-refractivity contribution in [3.05, 3.63) is 0 Å². The maximum absolute atomic E-state index is 13.1. The lowest BCUT2D eigenvalue weighted by Gasteiger charge is -2.39. The molecule has 1 N–H and O–H groups in total. The third kappa shape index (κ3) is 3.38. The Morgan fingerprint density at radius 3 is 1.29 bits per heavy atom. The molecule has 0 aliphatic carbocycles. The number of alkyl halides is 13. The predicted octanol–water partition coefficient (Wildman–Crippen LogP) is 4.72. The van der Waals surface area contributed by atoms with Crippen molar-refractivity contribution in [3.63, 3.8) is 0 Å². The van der Waals surface area contributed by atoms with Crippen LogP contribution in [0.4, 0.5) is 57.1 Å². The van der Waals surface area contributed by atoms with Crippen molar-refractivity contribution in [1.82, 2.24) is 5.32 Å². The van der Waals surface area contributed by atoms with Crippen LogP contribution in [0.2, 0.25) is 0 Å². The van der Waals surface area contributed by atoms with Crippen molar-refractivity contribution >= 4 is 0 Å². The molecule has 0 saturated carbocycles. The molecule has 0 aliphatic heterocycles. The molecule has 0 unspecified atom stereocenters. The van der Waals surface area contributed by atoms with E-state index in [1.165, 1.54) is 0 Å². The van der Waals surface area contributed by atoms with Gasteiger partial charge in [0.2, 0.25) is 0 Å². The van der Waals surface area contributed by atoms with Crippen molar-refractivity contribution in [2.24, 2.45) is 0 Å².